The minimum atomic E-state index is -2.85. The quantitative estimate of drug-likeness (QED) is 0.613. The molecule has 100 valence electrons. The fraction of sp³-hybridized carbons (Fsp3) is 0.900. The third-order valence-electron chi connectivity index (χ3n) is 3.29. The molecule has 1 heterocycles. The highest BCUT2D eigenvalue weighted by Gasteiger charge is 2.30. The molecular weight excluding hydrogens is 242 g/mol. The molecule has 1 rings (SSSR count). The number of likely N-dealkylation sites (N-methyl/N-ethyl adjacent to an activating group) is 1. The van der Waals surface area contributed by atoms with E-state index >= 15 is 0 Å². The van der Waals surface area contributed by atoms with Crippen molar-refractivity contribution in [1.82, 2.24) is 10.2 Å². The van der Waals surface area contributed by atoms with Crippen LogP contribution < -0.4 is 11.1 Å². The molecule has 2 unspecified atom stereocenters. The molecule has 0 aromatic rings. The summed E-state index contributed by atoms with van der Waals surface area (Å²) in [6, 6.07) is -0.277. The molecule has 7 heteroatoms. The molecule has 1 saturated heterocycles. The lowest BCUT2D eigenvalue weighted by atomic mass is 10.1. The van der Waals surface area contributed by atoms with Gasteiger partial charge in [-0.25, -0.2) is 8.42 Å². The van der Waals surface area contributed by atoms with Crippen molar-refractivity contribution in [3.8, 4) is 0 Å². The first-order chi connectivity index (χ1) is 7.85. The van der Waals surface area contributed by atoms with E-state index in [4.69, 9.17) is 5.73 Å². The largest absolute Gasteiger partial charge is 0.368 e. The van der Waals surface area contributed by atoms with Crippen molar-refractivity contribution in [2.45, 2.75) is 24.9 Å². The second-order valence-corrected chi connectivity index (χ2v) is 6.80. The van der Waals surface area contributed by atoms with Crippen LogP contribution in [0.1, 0.15) is 12.8 Å². The molecule has 17 heavy (non-hydrogen) atoms. The van der Waals surface area contributed by atoms with Crippen molar-refractivity contribution in [2.24, 2.45) is 5.73 Å². The van der Waals surface area contributed by atoms with Gasteiger partial charge in [0.15, 0.2) is 9.84 Å². The van der Waals surface area contributed by atoms with Crippen LogP contribution in [0.5, 0.6) is 0 Å². The van der Waals surface area contributed by atoms with E-state index in [9.17, 15) is 13.2 Å². The number of amides is 1. The van der Waals surface area contributed by atoms with Gasteiger partial charge >= 0.3 is 0 Å². The molecule has 1 aliphatic heterocycles. The Hall–Kier alpha value is -0.660. The van der Waals surface area contributed by atoms with Gasteiger partial charge in [0.25, 0.3) is 0 Å². The van der Waals surface area contributed by atoms with Crippen LogP contribution in [0, 0.1) is 0 Å². The van der Waals surface area contributed by atoms with Gasteiger partial charge in [-0.1, -0.05) is 0 Å². The van der Waals surface area contributed by atoms with Crippen molar-refractivity contribution in [3.63, 3.8) is 0 Å². The van der Waals surface area contributed by atoms with E-state index in [0.29, 0.717) is 19.4 Å². The SMILES string of the molecule is CNC(CCN(C)C1CCS(=O)(=O)C1)C(N)=O. The first-order valence-corrected chi connectivity index (χ1v) is 7.55. The maximum absolute atomic E-state index is 11.3. The van der Waals surface area contributed by atoms with E-state index in [0.717, 1.165) is 0 Å². The third kappa shape index (κ3) is 4.25. The Kier molecular flexibility index (Phi) is 4.91. The van der Waals surface area contributed by atoms with Crippen LogP contribution in [-0.2, 0) is 14.6 Å². The molecule has 0 spiro atoms. The van der Waals surface area contributed by atoms with Gasteiger partial charge < -0.3 is 16.0 Å². The van der Waals surface area contributed by atoms with Crippen molar-refractivity contribution >= 4 is 15.7 Å². The van der Waals surface area contributed by atoms with E-state index in [1.54, 1.807) is 7.05 Å². The van der Waals surface area contributed by atoms with E-state index in [1.165, 1.54) is 0 Å². The van der Waals surface area contributed by atoms with Crippen molar-refractivity contribution in [3.05, 3.63) is 0 Å². The number of hydrogen-bond acceptors (Lipinski definition) is 5. The van der Waals surface area contributed by atoms with Crippen LogP contribution in [0.4, 0.5) is 0 Å². The van der Waals surface area contributed by atoms with Crippen molar-refractivity contribution < 1.29 is 13.2 Å². The zero-order chi connectivity index (χ0) is 13.1. The summed E-state index contributed by atoms with van der Waals surface area (Å²) >= 11 is 0. The molecule has 0 saturated carbocycles. The predicted molar refractivity (Wildman–Crippen MR) is 66.3 cm³/mol. The number of carbonyl (C=O) groups is 1. The molecule has 3 N–H and O–H groups in total. The molecule has 0 bridgehead atoms. The number of nitrogens with one attached hydrogen (secondary N) is 1. The number of carbonyl (C=O) groups excluding carboxylic acids is 1. The standard InChI is InChI=1S/C10H21N3O3S/c1-12-9(10(11)14)3-5-13(2)8-4-6-17(15,16)7-8/h8-9,12H,3-7H2,1-2H3,(H2,11,14). The maximum Gasteiger partial charge on any atom is 0.234 e. The van der Waals surface area contributed by atoms with Gasteiger partial charge in [0.2, 0.25) is 5.91 Å². The summed E-state index contributed by atoms with van der Waals surface area (Å²) in [5, 5.41) is 2.84. The normalized spacial score (nSPS) is 25.0. The highest BCUT2D eigenvalue weighted by molar-refractivity contribution is 7.91. The lowest BCUT2D eigenvalue weighted by Gasteiger charge is -2.24. The maximum atomic E-state index is 11.3. The molecule has 0 aromatic heterocycles. The van der Waals surface area contributed by atoms with Crippen LogP contribution in [0.2, 0.25) is 0 Å². The zero-order valence-corrected chi connectivity index (χ0v) is 11.2. The lowest BCUT2D eigenvalue weighted by Crippen LogP contribution is -2.43. The van der Waals surface area contributed by atoms with Gasteiger partial charge in [-0.3, -0.25) is 4.79 Å². The Bertz CT molecular complexity index is 369. The van der Waals surface area contributed by atoms with Crippen molar-refractivity contribution in [1.29, 1.82) is 0 Å². The number of primary amides is 1. The van der Waals surface area contributed by atoms with Crippen LogP contribution in [-0.4, -0.2) is 63.5 Å². The molecule has 0 aliphatic carbocycles. The van der Waals surface area contributed by atoms with Crippen molar-refractivity contribution in [2.75, 3.05) is 32.1 Å². The Balaban J connectivity index is 2.40. The predicted octanol–water partition coefficient (Wildman–Crippen LogP) is -1.43. The average Bonchev–Trinajstić information content (AvgIpc) is 2.59. The summed E-state index contributed by atoms with van der Waals surface area (Å²) in [7, 11) is 0.728. The summed E-state index contributed by atoms with van der Waals surface area (Å²) in [5.74, 6) is 0.123. The van der Waals surface area contributed by atoms with E-state index in [-0.39, 0.29) is 29.5 Å². The van der Waals surface area contributed by atoms with Gasteiger partial charge in [0.1, 0.15) is 0 Å². The van der Waals surface area contributed by atoms with Crippen LogP contribution in [0.15, 0.2) is 0 Å². The van der Waals surface area contributed by atoms with Gasteiger partial charge in [0, 0.05) is 12.6 Å². The molecule has 1 amide bonds. The summed E-state index contributed by atoms with van der Waals surface area (Å²) in [4.78, 5) is 13.0. The number of nitrogens with zero attached hydrogens (tertiary/aromatic N) is 1. The van der Waals surface area contributed by atoms with E-state index in [1.807, 2.05) is 11.9 Å². The van der Waals surface area contributed by atoms with Gasteiger partial charge in [0.05, 0.1) is 17.5 Å². The summed E-state index contributed by atoms with van der Waals surface area (Å²) < 4.78 is 22.7. The lowest BCUT2D eigenvalue weighted by molar-refractivity contribution is -0.120. The minimum Gasteiger partial charge on any atom is -0.368 e. The zero-order valence-electron chi connectivity index (χ0n) is 10.3. The second kappa shape index (κ2) is 5.79. The Morgan fingerprint density at radius 3 is 2.65 bits per heavy atom. The summed E-state index contributed by atoms with van der Waals surface area (Å²) in [5.41, 5.74) is 5.21. The average molecular weight is 263 g/mol. The van der Waals surface area contributed by atoms with E-state index in [2.05, 4.69) is 5.32 Å². The molecular formula is C10H21N3O3S. The first-order valence-electron chi connectivity index (χ1n) is 5.73. The molecule has 2 atom stereocenters. The van der Waals surface area contributed by atoms with E-state index < -0.39 is 9.84 Å². The molecule has 6 nitrogen and oxygen atoms in total. The molecule has 1 fully saturated rings. The number of nitrogens with two attached hydrogens (primary N) is 1. The molecule has 0 aromatic carbocycles. The summed E-state index contributed by atoms with van der Waals surface area (Å²) in [6.45, 7) is 0.661. The Morgan fingerprint density at radius 1 is 1.59 bits per heavy atom. The molecule has 0 radical (unpaired) electrons. The van der Waals surface area contributed by atoms with Crippen LogP contribution in [0.3, 0.4) is 0 Å². The van der Waals surface area contributed by atoms with Crippen LogP contribution >= 0.6 is 0 Å². The topological polar surface area (TPSA) is 92.5 Å². The Morgan fingerprint density at radius 2 is 2.24 bits per heavy atom. The number of rotatable bonds is 6. The van der Waals surface area contributed by atoms with Gasteiger partial charge in [-0.05, 0) is 26.9 Å². The number of sulfone groups is 1. The molecule has 1 aliphatic rings. The minimum absolute atomic E-state index is 0.0744. The van der Waals surface area contributed by atoms with Crippen LogP contribution in [0.25, 0.3) is 0 Å². The second-order valence-electron chi connectivity index (χ2n) is 4.57. The smallest absolute Gasteiger partial charge is 0.234 e. The Labute approximate surface area is 102 Å². The monoisotopic (exact) mass is 263 g/mol. The highest BCUT2D eigenvalue weighted by atomic mass is 32.2. The number of hydrogen-bond donors (Lipinski definition) is 2. The van der Waals surface area contributed by atoms with Gasteiger partial charge in [-0.15, -0.1) is 0 Å². The highest BCUT2D eigenvalue weighted by Crippen LogP contribution is 2.16. The fourth-order valence-electron chi connectivity index (χ4n) is 2.07. The summed E-state index contributed by atoms with van der Waals surface area (Å²) in [6.07, 6.45) is 1.28. The van der Waals surface area contributed by atoms with Gasteiger partial charge in [-0.2, -0.15) is 0 Å². The third-order valence-corrected chi connectivity index (χ3v) is 5.04. The fourth-order valence-corrected chi connectivity index (χ4v) is 3.87. The first kappa shape index (κ1) is 14.4.